The van der Waals surface area contributed by atoms with Crippen molar-refractivity contribution in [2.75, 3.05) is 11.9 Å². The number of halogens is 5. The molecule has 0 radical (unpaired) electrons. The average Bonchev–Trinajstić information content (AvgIpc) is 2.47. The van der Waals surface area contributed by atoms with Gasteiger partial charge in [-0.1, -0.05) is 0 Å². The van der Waals surface area contributed by atoms with E-state index in [-0.39, 0.29) is 11.4 Å². The van der Waals surface area contributed by atoms with Gasteiger partial charge in [-0.2, -0.15) is 0 Å². The van der Waals surface area contributed by atoms with Crippen LogP contribution in [-0.4, -0.2) is 18.9 Å². The Kier molecular flexibility index (Phi) is 5.22. The first-order chi connectivity index (χ1) is 11.2. The average molecular weight is 347 g/mol. The summed E-state index contributed by atoms with van der Waals surface area (Å²) in [6, 6.07) is 7.02. The smallest absolute Gasteiger partial charge is 0.481 e. The van der Waals surface area contributed by atoms with Crippen LogP contribution in [0.1, 0.15) is 0 Å². The lowest BCUT2D eigenvalue weighted by molar-refractivity contribution is -0.274. The third kappa shape index (κ3) is 5.41. The van der Waals surface area contributed by atoms with E-state index in [1.165, 1.54) is 12.1 Å². The number of rotatable bonds is 5. The Morgan fingerprint density at radius 3 is 2.29 bits per heavy atom. The van der Waals surface area contributed by atoms with Crippen LogP contribution in [0.5, 0.6) is 11.5 Å². The van der Waals surface area contributed by atoms with Gasteiger partial charge in [-0.3, -0.25) is 4.79 Å². The molecule has 2 aromatic rings. The van der Waals surface area contributed by atoms with Crippen molar-refractivity contribution in [3.63, 3.8) is 0 Å². The van der Waals surface area contributed by atoms with Crippen LogP contribution in [0.4, 0.5) is 27.6 Å². The zero-order valence-electron chi connectivity index (χ0n) is 11.9. The molecule has 128 valence electrons. The van der Waals surface area contributed by atoms with E-state index in [4.69, 9.17) is 4.74 Å². The zero-order valence-corrected chi connectivity index (χ0v) is 11.9. The second-order valence-corrected chi connectivity index (χ2v) is 4.48. The van der Waals surface area contributed by atoms with Crippen LogP contribution in [0, 0.1) is 11.6 Å². The molecule has 1 N–H and O–H groups in total. The standard InChI is InChI=1S/C15H10F5NO3/c16-9-1-6-13(12(17)7-9)23-8-14(22)21-10-2-4-11(5-3-10)24-15(18,19)20/h1-7H,8H2,(H,21,22). The monoisotopic (exact) mass is 347 g/mol. The van der Waals surface area contributed by atoms with Crippen LogP contribution in [-0.2, 0) is 4.79 Å². The number of alkyl halides is 3. The molecule has 0 saturated carbocycles. The van der Waals surface area contributed by atoms with Crippen LogP contribution in [0.15, 0.2) is 42.5 Å². The van der Waals surface area contributed by atoms with Gasteiger partial charge in [-0.15, -0.1) is 13.2 Å². The van der Waals surface area contributed by atoms with Gasteiger partial charge in [0.1, 0.15) is 11.6 Å². The number of anilines is 1. The number of carbonyl (C=O) groups excluding carboxylic acids is 1. The lowest BCUT2D eigenvalue weighted by atomic mass is 10.3. The SMILES string of the molecule is O=C(COc1ccc(F)cc1F)Nc1ccc(OC(F)(F)F)cc1. The lowest BCUT2D eigenvalue weighted by Gasteiger charge is -2.10. The number of hydrogen-bond acceptors (Lipinski definition) is 3. The van der Waals surface area contributed by atoms with E-state index in [0.717, 1.165) is 24.3 Å². The van der Waals surface area contributed by atoms with E-state index in [0.29, 0.717) is 6.07 Å². The van der Waals surface area contributed by atoms with Crippen molar-refractivity contribution in [3.05, 3.63) is 54.1 Å². The highest BCUT2D eigenvalue weighted by Crippen LogP contribution is 2.24. The first-order valence-corrected chi connectivity index (χ1v) is 6.46. The van der Waals surface area contributed by atoms with Crippen LogP contribution >= 0.6 is 0 Å². The van der Waals surface area contributed by atoms with Crippen molar-refractivity contribution < 1.29 is 36.2 Å². The van der Waals surface area contributed by atoms with Gasteiger partial charge in [-0.25, -0.2) is 8.78 Å². The normalized spacial score (nSPS) is 11.0. The quantitative estimate of drug-likeness (QED) is 0.835. The second kappa shape index (κ2) is 7.16. The Labute approximate surface area is 132 Å². The van der Waals surface area contributed by atoms with E-state index in [9.17, 15) is 26.7 Å². The van der Waals surface area contributed by atoms with Gasteiger partial charge in [0.2, 0.25) is 0 Å². The molecule has 0 aromatic heterocycles. The molecule has 0 spiro atoms. The zero-order chi connectivity index (χ0) is 17.7. The summed E-state index contributed by atoms with van der Waals surface area (Å²) in [6.45, 7) is -0.566. The molecule has 1 amide bonds. The summed E-state index contributed by atoms with van der Waals surface area (Å²) < 4.78 is 70.6. The van der Waals surface area contributed by atoms with E-state index in [1.807, 2.05) is 0 Å². The summed E-state index contributed by atoms with van der Waals surface area (Å²) in [7, 11) is 0. The minimum absolute atomic E-state index is 0.192. The number of benzene rings is 2. The highest BCUT2D eigenvalue weighted by Gasteiger charge is 2.30. The summed E-state index contributed by atoms with van der Waals surface area (Å²) in [4.78, 5) is 11.6. The molecule has 2 aromatic carbocycles. The van der Waals surface area contributed by atoms with Gasteiger partial charge in [0, 0.05) is 11.8 Å². The topological polar surface area (TPSA) is 47.6 Å². The summed E-state index contributed by atoms with van der Waals surface area (Å²) in [6.07, 6.45) is -4.81. The Hall–Kier alpha value is -2.84. The Balaban J connectivity index is 1.88. The fourth-order valence-corrected chi connectivity index (χ4v) is 1.67. The Bertz CT molecular complexity index is 716. The highest BCUT2D eigenvalue weighted by atomic mass is 19.4. The first kappa shape index (κ1) is 17.5. The Morgan fingerprint density at radius 1 is 1.04 bits per heavy atom. The van der Waals surface area contributed by atoms with Crippen LogP contribution in [0.3, 0.4) is 0 Å². The number of nitrogens with one attached hydrogen (secondary N) is 1. The number of amides is 1. The molecule has 0 aliphatic carbocycles. The fraction of sp³-hybridized carbons (Fsp3) is 0.133. The minimum Gasteiger partial charge on any atom is -0.481 e. The van der Waals surface area contributed by atoms with Gasteiger partial charge >= 0.3 is 6.36 Å². The van der Waals surface area contributed by atoms with E-state index < -0.39 is 36.3 Å². The van der Waals surface area contributed by atoms with Crippen molar-refractivity contribution in [1.82, 2.24) is 0 Å². The molecule has 0 fully saturated rings. The van der Waals surface area contributed by atoms with Gasteiger partial charge < -0.3 is 14.8 Å². The second-order valence-electron chi connectivity index (χ2n) is 4.48. The molecule has 24 heavy (non-hydrogen) atoms. The molecule has 4 nitrogen and oxygen atoms in total. The molecule has 0 heterocycles. The lowest BCUT2D eigenvalue weighted by Crippen LogP contribution is -2.20. The molecule has 0 saturated heterocycles. The van der Waals surface area contributed by atoms with Gasteiger partial charge in [-0.05, 0) is 36.4 Å². The third-order valence-electron chi connectivity index (χ3n) is 2.62. The molecule has 0 unspecified atom stereocenters. The fourth-order valence-electron chi connectivity index (χ4n) is 1.67. The van der Waals surface area contributed by atoms with Crippen LogP contribution in [0.25, 0.3) is 0 Å². The summed E-state index contributed by atoms with van der Waals surface area (Å²) in [5.41, 5.74) is 0.192. The Morgan fingerprint density at radius 2 is 1.71 bits per heavy atom. The number of ether oxygens (including phenoxy) is 2. The molecular weight excluding hydrogens is 337 g/mol. The molecule has 0 bridgehead atoms. The van der Waals surface area contributed by atoms with Crippen LogP contribution in [0.2, 0.25) is 0 Å². The molecule has 9 heteroatoms. The third-order valence-corrected chi connectivity index (χ3v) is 2.62. The van der Waals surface area contributed by atoms with Crippen LogP contribution < -0.4 is 14.8 Å². The van der Waals surface area contributed by atoms with Crippen molar-refractivity contribution in [1.29, 1.82) is 0 Å². The maximum absolute atomic E-state index is 13.3. The summed E-state index contributed by atoms with van der Waals surface area (Å²) in [5.74, 6) is -3.17. The molecular formula is C15H10F5NO3. The molecule has 2 rings (SSSR count). The largest absolute Gasteiger partial charge is 0.573 e. The number of hydrogen-bond donors (Lipinski definition) is 1. The predicted octanol–water partition coefficient (Wildman–Crippen LogP) is 3.88. The van der Waals surface area contributed by atoms with Gasteiger partial charge in [0.25, 0.3) is 5.91 Å². The summed E-state index contributed by atoms with van der Waals surface area (Å²) >= 11 is 0. The maximum Gasteiger partial charge on any atom is 0.573 e. The molecule has 0 aliphatic heterocycles. The molecule has 0 atom stereocenters. The number of carbonyl (C=O) groups is 1. The summed E-state index contributed by atoms with van der Waals surface area (Å²) in [5, 5.41) is 2.34. The maximum atomic E-state index is 13.3. The molecule has 0 aliphatic rings. The van der Waals surface area contributed by atoms with Crippen molar-refractivity contribution >= 4 is 11.6 Å². The van der Waals surface area contributed by atoms with E-state index in [2.05, 4.69) is 10.1 Å². The van der Waals surface area contributed by atoms with E-state index in [1.54, 1.807) is 0 Å². The first-order valence-electron chi connectivity index (χ1n) is 6.46. The minimum atomic E-state index is -4.81. The van der Waals surface area contributed by atoms with Crippen molar-refractivity contribution in [2.45, 2.75) is 6.36 Å². The van der Waals surface area contributed by atoms with Crippen molar-refractivity contribution in [2.24, 2.45) is 0 Å². The van der Waals surface area contributed by atoms with E-state index >= 15 is 0 Å². The van der Waals surface area contributed by atoms with Gasteiger partial charge in [0.05, 0.1) is 0 Å². The van der Waals surface area contributed by atoms with Crippen molar-refractivity contribution in [3.8, 4) is 11.5 Å². The predicted molar refractivity (Wildman–Crippen MR) is 73.6 cm³/mol. The van der Waals surface area contributed by atoms with Gasteiger partial charge in [0.15, 0.2) is 18.2 Å². The highest BCUT2D eigenvalue weighted by molar-refractivity contribution is 5.91.